The summed E-state index contributed by atoms with van der Waals surface area (Å²) >= 11 is 0. The minimum absolute atomic E-state index is 0.599. The lowest BCUT2D eigenvalue weighted by Gasteiger charge is -2.29. The smallest absolute Gasteiger partial charge is 0.225 e. The summed E-state index contributed by atoms with van der Waals surface area (Å²) in [5.41, 5.74) is 1.31. The minimum Gasteiger partial charge on any atom is -0.339 e. The van der Waals surface area contributed by atoms with Crippen molar-refractivity contribution in [2.45, 2.75) is 31.8 Å². The number of aromatic nitrogens is 3. The molecule has 0 saturated carbocycles. The number of nitrogens with zero attached hydrogens (tertiary/aromatic N) is 5. The zero-order valence-electron chi connectivity index (χ0n) is 13.4. The van der Waals surface area contributed by atoms with E-state index in [2.05, 4.69) is 30.8 Å². The van der Waals surface area contributed by atoms with E-state index in [0.29, 0.717) is 6.04 Å². The van der Waals surface area contributed by atoms with Gasteiger partial charge < -0.3 is 4.90 Å². The largest absolute Gasteiger partial charge is 0.339 e. The van der Waals surface area contributed by atoms with E-state index in [1.165, 1.54) is 31.4 Å². The number of rotatable bonds is 3. The van der Waals surface area contributed by atoms with Crippen LogP contribution in [0, 0.1) is 5.92 Å². The van der Waals surface area contributed by atoms with Crippen LogP contribution in [0.2, 0.25) is 0 Å². The first-order valence-corrected chi connectivity index (χ1v) is 8.55. The van der Waals surface area contributed by atoms with Gasteiger partial charge in [0.1, 0.15) is 0 Å². The number of anilines is 1. The third kappa shape index (κ3) is 3.20. The second kappa shape index (κ2) is 6.62. The molecule has 0 radical (unpaired) electrons. The average molecular weight is 309 g/mol. The topological polar surface area (TPSA) is 45.2 Å². The summed E-state index contributed by atoms with van der Waals surface area (Å²) in [4.78, 5) is 18.1. The molecular weight excluding hydrogens is 286 g/mol. The molecule has 0 aromatic carbocycles. The first-order valence-electron chi connectivity index (χ1n) is 8.55. The molecule has 2 aromatic heterocycles. The lowest BCUT2D eigenvalue weighted by atomic mass is 9.98. The monoisotopic (exact) mass is 309 g/mol. The van der Waals surface area contributed by atoms with Gasteiger partial charge in [0.05, 0.1) is 0 Å². The van der Waals surface area contributed by atoms with Crippen molar-refractivity contribution in [3.63, 3.8) is 0 Å². The molecule has 5 nitrogen and oxygen atoms in total. The molecule has 2 aliphatic heterocycles. The quantitative estimate of drug-likeness (QED) is 0.871. The predicted molar refractivity (Wildman–Crippen MR) is 90.0 cm³/mol. The van der Waals surface area contributed by atoms with E-state index >= 15 is 0 Å². The van der Waals surface area contributed by atoms with Crippen LogP contribution in [0.5, 0.6) is 0 Å². The standard InChI is InChI=1S/C18H23N5/c1-2-10-22(12-15-5-3-7-19-11-15)17-14-23(13-16(17)6-1)18-20-8-4-9-21-18/h3-5,7-9,11,16-17H,1-2,6,10,12-14H2/t16-,17+/m0/s1. The number of likely N-dealkylation sites (tertiary alicyclic amines) is 1. The second-order valence-corrected chi connectivity index (χ2v) is 6.61. The zero-order valence-corrected chi connectivity index (χ0v) is 13.4. The lowest BCUT2D eigenvalue weighted by molar-refractivity contribution is 0.179. The molecule has 5 heteroatoms. The van der Waals surface area contributed by atoms with Gasteiger partial charge in [-0.05, 0) is 43.0 Å². The molecule has 23 heavy (non-hydrogen) atoms. The van der Waals surface area contributed by atoms with Crippen molar-refractivity contribution in [3.8, 4) is 0 Å². The van der Waals surface area contributed by atoms with Gasteiger partial charge in [-0.25, -0.2) is 9.97 Å². The average Bonchev–Trinajstić information content (AvgIpc) is 2.95. The Morgan fingerprint density at radius 1 is 1.04 bits per heavy atom. The highest BCUT2D eigenvalue weighted by Gasteiger charge is 2.38. The van der Waals surface area contributed by atoms with Gasteiger partial charge in [-0.1, -0.05) is 12.5 Å². The normalized spacial score (nSPS) is 25.1. The summed E-state index contributed by atoms with van der Waals surface area (Å²) in [5.74, 6) is 1.60. The van der Waals surface area contributed by atoms with Crippen LogP contribution >= 0.6 is 0 Å². The molecular formula is C18H23N5. The molecule has 0 unspecified atom stereocenters. The molecule has 0 N–H and O–H groups in total. The highest BCUT2D eigenvalue weighted by molar-refractivity contribution is 5.32. The van der Waals surface area contributed by atoms with Gasteiger partial charge in [-0.3, -0.25) is 9.88 Å². The molecule has 4 rings (SSSR count). The van der Waals surface area contributed by atoms with Crippen LogP contribution < -0.4 is 4.90 Å². The Morgan fingerprint density at radius 2 is 1.96 bits per heavy atom. The fourth-order valence-electron chi connectivity index (χ4n) is 3.98. The summed E-state index contributed by atoms with van der Waals surface area (Å²) in [6.07, 6.45) is 11.5. The number of fused-ring (bicyclic) bond motifs is 1. The Morgan fingerprint density at radius 3 is 2.78 bits per heavy atom. The maximum atomic E-state index is 4.44. The number of pyridine rings is 1. The van der Waals surface area contributed by atoms with Gasteiger partial charge in [0.2, 0.25) is 5.95 Å². The Balaban J connectivity index is 1.52. The fourth-order valence-corrected chi connectivity index (χ4v) is 3.98. The first kappa shape index (κ1) is 14.6. The molecule has 0 bridgehead atoms. The van der Waals surface area contributed by atoms with E-state index in [-0.39, 0.29) is 0 Å². The lowest BCUT2D eigenvalue weighted by Crippen LogP contribution is -2.40. The van der Waals surface area contributed by atoms with E-state index in [4.69, 9.17) is 0 Å². The molecule has 0 spiro atoms. The highest BCUT2D eigenvalue weighted by Crippen LogP contribution is 2.32. The van der Waals surface area contributed by atoms with Gasteiger partial charge in [-0.15, -0.1) is 0 Å². The van der Waals surface area contributed by atoms with Gasteiger partial charge >= 0.3 is 0 Å². The predicted octanol–water partition coefficient (Wildman–Crippen LogP) is 2.36. The van der Waals surface area contributed by atoms with Crippen LogP contribution in [-0.4, -0.2) is 45.5 Å². The maximum absolute atomic E-state index is 4.44. The minimum atomic E-state index is 0.599. The van der Waals surface area contributed by atoms with E-state index in [1.54, 1.807) is 0 Å². The Bertz CT molecular complexity index is 618. The summed E-state index contributed by atoms with van der Waals surface area (Å²) in [6, 6.07) is 6.69. The van der Waals surface area contributed by atoms with E-state index in [0.717, 1.165) is 31.5 Å². The molecule has 0 aliphatic carbocycles. The Hall–Kier alpha value is -2.01. The summed E-state index contributed by atoms with van der Waals surface area (Å²) in [6.45, 7) is 4.30. The maximum Gasteiger partial charge on any atom is 0.225 e. The van der Waals surface area contributed by atoms with Crippen LogP contribution in [0.15, 0.2) is 43.0 Å². The van der Waals surface area contributed by atoms with Gasteiger partial charge in [0.25, 0.3) is 0 Å². The molecule has 120 valence electrons. The van der Waals surface area contributed by atoms with Crippen LogP contribution in [0.25, 0.3) is 0 Å². The Labute approximate surface area is 137 Å². The molecule has 2 saturated heterocycles. The van der Waals surface area contributed by atoms with Crippen LogP contribution in [0.3, 0.4) is 0 Å². The van der Waals surface area contributed by atoms with Gasteiger partial charge in [-0.2, -0.15) is 0 Å². The van der Waals surface area contributed by atoms with Crippen molar-refractivity contribution >= 4 is 5.95 Å². The van der Waals surface area contributed by atoms with Gasteiger partial charge in [0, 0.05) is 50.5 Å². The van der Waals surface area contributed by atoms with E-state index in [9.17, 15) is 0 Å². The van der Waals surface area contributed by atoms with Gasteiger partial charge in [0.15, 0.2) is 0 Å². The Kier molecular flexibility index (Phi) is 4.20. The third-order valence-corrected chi connectivity index (χ3v) is 5.09. The number of hydrogen-bond acceptors (Lipinski definition) is 5. The number of hydrogen-bond donors (Lipinski definition) is 0. The molecule has 2 aliphatic rings. The highest BCUT2D eigenvalue weighted by atomic mass is 15.3. The third-order valence-electron chi connectivity index (χ3n) is 5.09. The molecule has 2 aromatic rings. The fraction of sp³-hybridized carbons (Fsp3) is 0.500. The van der Waals surface area contributed by atoms with Crippen molar-refractivity contribution in [2.75, 3.05) is 24.5 Å². The van der Waals surface area contributed by atoms with E-state index < -0.39 is 0 Å². The first-order chi connectivity index (χ1) is 11.4. The van der Waals surface area contributed by atoms with Crippen molar-refractivity contribution in [3.05, 3.63) is 48.5 Å². The van der Waals surface area contributed by atoms with Crippen molar-refractivity contribution in [1.29, 1.82) is 0 Å². The van der Waals surface area contributed by atoms with Crippen LogP contribution in [0.4, 0.5) is 5.95 Å². The molecule has 0 amide bonds. The van der Waals surface area contributed by atoms with Crippen molar-refractivity contribution in [1.82, 2.24) is 19.9 Å². The zero-order chi connectivity index (χ0) is 15.5. The van der Waals surface area contributed by atoms with Crippen molar-refractivity contribution < 1.29 is 0 Å². The summed E-state index contributed by atoms with van der Waals surface area (Å²) < 4.78 is 0. The summed E-state index contributed by atoms with van der Waals surface area (Å²) in [5, 5.41) is 0. The molecule has 2 fully saturated rings. The summed E-state index contributed by atoms with van der Waals surface area (Å²) in [7, 11) is 0. The molecule has 4 heterocycles. The molecule has 2 atom stereocenters. The van der Waals surface area contributed by atoms with Crippen LogP contribution in [-0.2, 0) is 6.54 Å². The van der Waals surface area contributed by atoms with Crippen LogP contribution in [0.1, 0.15) is 24.8 Å². The van der Waals surface area contributed by atoms with E-state index in [1.807, 2.05) is 36.9 Å². The second-order valence-electron chi connectivity index (χ2n) is 6.61. The SMILES string of the molecule is c1cnc(N2C[C@@H]3CCCCN(Cc4cccnc4)[C@@H]3C2)nc1. The van der Waals surface area contributed by atoms with Crippen molar-refractivity contribution in [2.24, 2.45) is 5.92 Å².